The Labute approximate surface area is 115 Å². The first-order chi connectivity index (χ1) is 9.11. The monoisotopic (exact) mass is 273 g/mol. The van der Waals surface area contributed by atoms with Crippen LogP contribution in [0.2, 0.25) is 0 Å². The molecule has 2 aromatic rings. The number of carbonyl (C=O) groups is 1. The number of carbonyl (C=O) groups excluding carboxylic acids is 1. The number of nitrogens with zero attached hydrogens (tertiary/aromatic N) is 1. The van der Waals surface area contributed by atoms with Gasteiger partial charge in [-0.15, -0.1) is 11.3 Å². The van der Waals surface area contributed by atoms with Crippen molar-refractivity contribution >= 4 is 28.1 Å². The average Bonchev–Trinajstić information content (AvgIpc) is 2.92. The fourth-order valence-electron chi connectivity index (χ4n) is 2.11. The SMILES string of the molecule is CC(C)Nc1nc(-c2ccc3c(c2)CC(=O)N3)cs1. The van der Waals surface area contributed by atoms with E-state index in [1.54, 1.807) is 11.3 Å². The van der Waals surface area contributed by atoms with Crippen molar-refractivity contribution in [3.05, 3.63) is 29.1 Å². The highest BCUT2D eigenvalue weighted by atomic mass is 32.1. The lowest BCUT2D eigenvalue weighted by atomic mass is 10.1. The zero-order valence-corrected chi connectivity index (χ0v) is 11.7. The summed E-state index contributed by atoms with van der Waals surface area (Å²) < 4.78 is 0. The summed E-state index contributed by atoms with van der Waals surface area (Å²) in [6.07, 6.45) is 0.463. The Morgan fingerprint density at radius 2 is 2.26 bits per heavy atom. The Balaban J connectivity index is 1.89. The molecular formula is C14H15N3OS. The number of nitrogens with one attached hydrogen (secondary N) is 2. The van der Waals surface area contributed by atoms with Gasteiger partial charge in [-0.2, -0.15) is 0 Å². The normalized spacial score (nSPS) is 13.5. The van der Waals surface area contributed by atoms with Gasteiger partial charge >= 0.3 is 0 Å². The van der Waals surface area contributed by atoms with Crippen molar-refractivity contribution in [1.82, 2.24) is 4.98 Å². The van der Waals surface area contributed by atoms with Crippen LogP contribution in [0.15, 0.2) is 23.6 Å². The summed E-state index contributed by atoms with van der Waals surface area (Å²) in [7, 11) is 0. The summed E-state index contributed by atoms with van der Waals surface area (Å²) >= 11 is 1.60. The van der Waals surface area contributed by atoms with Crippen molar-refractivity contribution in [2.75, 3.05) is 10.6 Å². The largest absolute Gasteiger partial charge is 0.359 e. The van der Waals surface area contributed by atoms with E-state index in [0.29, 0.717) is 12.5 Å². The van der Waals surface area contributed by atoms with Crippen LogP contribution in [0.25, 0.3) is 11.3 Å². The van der Waals surface area contributed by atoms with E-state index in [4.69, 9.17) is 0 Å². The van der Waals surface area contributed by atoms with Crippen LogP contribution in [0.5, 0.6) is 0 Å². The van der Waals surface area contributed by atoms with E-state index in [-0.39, 0.29) is 5.91 Å². The van der Waals surface area contributed by atoms with Crippen LogP contribution in [0.3, 0.4) is 0 Å². The van der Waals surface area contributed by atoms with E-state index in [9.17, 15) is 4.79 Å². The van der Waals surface area contributed by atoms with E-state index in [1.807, 2.05) is 23.6 Å². The molecule has 19 heavy (non-hydrogen) atoms. The number of aromatic nitrogens is 1. The molecular weight excluding hydrogens is 258 g/mol. The van der Waals surface area contributed by atoms with Gasteiger partial charge in [0.2, 0.25) is 5.91 Å². The summed E-state index contributed by atoms with van der Waals surface area (Å²) in [5.74, 6) is 0.0626. The fraction of sp³-hybridized carbons (Fsp3) is 0.286. The van der Waals surface area contributed by atoms with Gasteiger partial charge in [-0.3, -0.25) is 4.79 Å². The lowest BCUT2D eigenvalue weighted by Crippen LogP contribution is -2.08. The minimum Gasteiger partial charge on any atom is -0.359 e. The molecule has 4 nitrogen and oxygen atoms in total. The van der Waals surface area contributed by atoms with E-state index in [1.165, 1.54) is 0 Å². The maximum atomic E-state index is 11.3. The van der Waals surface area contributed by atoms with Gasteiger partial charge in [0.15, 0.2) is 5.13 Å². The molecule has 1 aromatic heterocycles. The highest BCUT2D eigenvalue weighted by molar-refractivity contribution is 7.14. The summed E-state index contributed by atoms with van der Waals surface area (Å²) in [4.78, 5) is 15.9. The first-order valence-electron chi connectivity index (χ1n) is 6.27. The smallest absolute Gasteiger partial charge is 0.228 e. The number of hydrogen-bond donors (Lipinski definition) is 2. The van der Waals surface area contributed by atoms with Crippen LogP contribution in [0.4, 0.5) is 10.8 Å². The summed E-state index contributed by atoms with van der Waals surface area (Å²) in [5, 5.41) is 9.10. The molecule has 0 saturated carbocycles. The third-order valence-corrected chi connectivity index (χ3v) is 3.72. The molecule has 0 spiro atoms. The van der Waals surface area contributed by atoms with Gasteiger partial charge in [-0.25, -0.2) is 4.98 Å². The molecule has 98 valence electrons. The highest BCUT2D eigenvalue weighted by Gasteiger charge is 2.18. The zero-order chi connectivity index (χ0) is 13.4. The van der Waals surface area contributed by atoms with Crippen LogP contribution in [0.1, 0.15) is 19.4 Å². The van der Waals surface area contributed by atoms with Gasteiger partial charge in [-0.05, 0) is 31.5 Å². The minimum absolute atomic E-state index is 0.0626. The Morgan fingerprint density at radius 1 is 1.42 bits per heavy atom. The molecule has 1 aliphatic rings. The molecule has 1 aliphatic heterocycles. The van der Waals surface area contributed by atoms with Gasteiger partial charge in [0.25, 0.3) is 0 Å². The molecule has 2 N–H and O–H groups in total. The molecule has 0 atom stereocenters. The Hall–Kier alpha value is -1.88. The van der Waals surface area contributed by atoms with E-state index in [0.717, 1.165) is 27.6 Å². The topological polar surface area (TPSA) is 54.0 Å². The molecule has 5 heteroatoms. The van der Waals surface area contributed by atoms with Crippen LogP contribution in [-0.2, 0) is 11.2 Å². The molecule has 3 rings (SSSR count). The van der Waals surface area contributed by atoms with E-state index < -0.39 is 0 Å². The maximum Gasteiger partial charge on any atom is 0.228 e. The van der Waals surface area contributed by atoms with Crippen molar-refractivity contribution in [2.45, 2.75) is 26.3 Å². The van der Waals surface area contributed by atoms with Crippen LogP contribution in [0, 0.1) is 0 Å². The van der Waals surface area contributed by atoms with Crippen LogP contribution >= 0.6 is 11.3 Å². The number of fused-ring (bicyclic) bond motifs is 1. The highest BCUT2D eigenvalue weighted by Crippen LogP contribution is 2.30. The summed E-state index contributed by atoms with van der Waals surface area (Å²) in [6, 6.07) is 6.37. The molecule has 1 aromatic carbocycles. The molecule has 1 amide bonds. The molecule has 0 radical (unpaired) electrons. The number of anilines is 2. The lowest BCUT2D eigenvalue weighted by molar-refractivity contribution is -0.115. The van der Waals surface area contributed by atoms with Gasteiger partial charge in [0.05, 0.1) is 12.1 Å². The maximum absolute atomic E-state index is 11.3. The number of benzene rings is 1. The van der Waals surface area contributed by atoms with E-state index in [2.05, 4.69) is 29.5 Å². The van der Waals surface area contributed by atoms with Gasteiger partial charge in [0, 0.05) is 22.7 Å². The summed E-state index contributed by atoms with van der Waals surface area (Å²) in [5.41, 5.74) is 3.98. The van der Waals surface area contributed by atoms with Gasteiger partial charge < -0.3 is 10.6 Å². The molecule has 0 saturated heterocycles. The number of rotatable bonds is 3. The van der Waals surface area contributed by atoms with Crippen molar-refractivity contribution in [2.24, 2.45) is 0 Å². The minimum atomic E-state index is 0.0626. The Kier molecular flexibility index (Phi) is 2.98. The van der Waals surface area contributed by atoms with Crippen molar-refractivity contribution in [3.8, 4) is 11.3 Å². The summed E-state index contributed by atoms with van der Waals surface area (Å²) in [6.45, 7) is 4.18. The Morgan fingerprint density at radius 3 is 3.05 bits per heavy atom. The quantitative estimate of drug-likeness (QED) is 0.903. The Bertz CT molecular complexity index is 633. The third-order valence-electron chi connectivity index (χ3n) is 2.94. The predicted octanol–water partition coefficient (Wildman–Crippen LogP) is 3.13. The second kappa shape index (κ2) is 4.66. The van der Waals surface area contributed by atoms with Crippen molar-refractivity contribution < 1.29 is 4.79 Å². The van der Waals surface area contributed by atoms with Crippen molar-refractivity contribution in [3.63, 3.8) is 0 Å². The number of thiazole rings is 1. The van der Waals surface area contributed by atoms with Crippen molar-refractivity contribution in [1.29, 1.82) is 0 Å². The average molecular weight is 273 g/mol. The number of amides is 1. The molecule has 0 unspecified atom stereocenters. The second-order valence-corrected chi connectivity index (χ2v) is 5.79. The molecule has 2 heterocycles. The third kappa shape index (κ3) is 2.46. The fourth-order valence-corrected chi connectivity index (χ4v) is 2.98. The first-order valence-corrected chi connectivity index (χ1v) is 7.15. The van der Waals surface area contributed by atoms with Crippen LogP contribution < -0.4 is 10.6 Å². The molecule has 0 aliphatic carbocycles. The molecule has 0 bridgehead atoms. The zero-order valence-electron chi connectivity index (χ0n) is 10.9. The second-order valence-electron chi connectivity index (χ2n) is 4.93. The molecule has 0 fully saturated rings. The predicted molar refractivity (Wildman–Crippen MR) is 78.6 cm³/mol. The van der Waals surface area contributed by atoms with Gasteiger partial charge in [0.1, 0.15) is 0 Å². The first kappa shape index (κ1) is 12.2. The van der Waals surface area contributed by atoms with Gasteiger partial charge in [-0.1, -0.05) is 6.07 Å². The van der Waals surface area contributed by atoms with E-state index >= 15 is 0 Å². The lowest BCUT2D eigenvalue weighted by Gasteiger charge is -2.05. The van der Waals surface area contributed by atoms with Crippen LogP contribution in [-0.4, -0.2) is 16.9 Å². The standard InChI is InChI=1S/C14H15N3OS/c1-8(2)15-14-17-12(7-19-14)9-3-4-11-10(5-9)6-13(18)16-11/h3-5,7-8H,6H2,1-2H3,(H,15,17)(H,16,18). The number of hydrogen-bond acceptors (Lipinski definition) is 4.